The lowest BCUT2D eigenvalue weighted by molar-refractivity contribution is -0.121. The van der Waals surface area contributed by atoms with Gasteiger partial charge in [0.25, 0.3) is 0 Å². The van der Waals surface area contributed by atoms with Crippen molar-refractivity contribution in [2.75, 3.05) is 32.6 Å². The van der Waals surface area contributed by atoms with Crippen molar-refractivity contribution in [1.29, 1.82) is 0 Å². The van der Waals surface area contributed by atoms with Crippen LogP contribution in [0.4, 0.5) is 14.5 Å². The van der Waals surface area contributed by atoms with E-state index in [1.165, 1.54) is 44.4 Å². The molecule has 2 aromatic carbocycles. The summed E-state index contributed by atoms with van der Waals surface area (Å²) in [7, 11) is -1.51. The smallest absolute Gasteiger partial charge is 0.247 e. The Balaban J connectivity index is 1.79. The Kier molecular flexibility index (Phi) is 7.29. The summed E-state index contributed by atoms with van der Waals surface area (Å²) in [6, 6.07) is 6.30. The van der Waals surface area contributed by atoms with Gasteiger partial charge in [0, 0.05) is 19.7 Å². The van der Waals surface area contributed by atoms with Crippen LogP contribution < -0.4 is 10.6 Å². The molecule has 2 aromatic rings. The maximum atomic E-state index is 14.8. The number of hydrogen-bond donors (Lipinski definition) is 3. The fourth-order valence-electron chi connectivity index (χ4n) is 4.65. The van der Waals surface area contributed by atoms with Crippen molar-refractivity contribution >= 4 is 33.1 Å². The fraction of sp³-hybridized carbons (Fsp3) is 0.375. The van der Waals surface area contributed by atoms with Gasteiger partial charge in [-0.2, -0.15) is 0 Å². The van der Waals surface area contributed by atoms with Crippen molar-refractivity contribution in [3.05, 3.63) is 63.9 Å². The molecule has 0 spiro atoms. The standard InChI is InChI=1S/C24H26ClF2N3O5S/c1-30(2)36(33,34)23-14(25)8-9-17(22(23)32)28-18-12-35-13-19(31)21(18)29-24(10-3-4-11-24)20-15(26)6-5-7-16(20)27/h5-9,28-29,32H,3-4,10-13H2,1-2H3. The second-order valence-electron chi connectivity index (χ2n) is 8.97. The molecule has 0 saturated heterocycles. The lowest BCUT2D eigenvalue weighted by Gasteiger charge is -2.35. The first-order valence-corrected chi connectivity index (χ1v) is 13.1. The van der Waals surface area contributed by atoms with Gasteiger partial charge in [-0.05, 0) is 37.1 Å². The van der Waals surface area contributed by atoms with Crippen LogP contribution in [0, 0.1) is 11.6 Å². The average Bonchev–Trinajstić information content (AvgIpc) is 3.27. The molecule has 1 aliphatic carbocycles. The third-order valence-electron chi connectivity index (χ3n) is 6.43. The Bertz CT molecular complexity index is 1320. The van der Waals surface area contributed by atoms with Gasteiger partial charge >= 0.3 is 0 Å². The van der Waals surface area contributed by atoms with E-state index >= 15 is 0 Å². The molecule has 1 saturated carbocycles. The number of phenolic OH excluding ortho intramolecular Hbond substituents is 1. The quantitative estimate of drug-likeness (QED) is 0.457. The predicted octanol–water partition coefficient (Wildman–Crippen LogP) is 3.86. The molecular weight excluding hydrogens is 516 g/mol. The molecule has 36 heavy (non-hydrogen) atoms. The molecule has 1 fully saturated rings. The Labute approximate surface area is 212 Å². The predicted molar refractivity (Wildman–Crippen MR) is 130 cm³/mol. The van der Waals surface area contributed by atoms with E-state index < -0.39 is 43.6 Å². The fourth-order valence-corrected chi connectivity index (χ4v) is 6.13. The lowest BCUT2D eigenvalue weighted by Crippen LogP contribution is -2.46. The second-order valence-corrected chi connectivity index (χ2v) is 11.5. The van der Waals surface area contributed by atoms with Gasteiger partial charge < -0.3 is 20.5 Å². The number of nitrogens with one attached hydrogen (secondary N) is 2. The van der Waals surface area contributed by atoms with Crippen molar-refractivity contribution in [2.45, 2.75) is 36.1 Å². The maximum Gasteiger partial charge on any atom is 0.247 e. The number of carbonyl (C=O) groups excluding carboxylic acids is 1. The summed E-state index contributed by atoms with van der Waals surface area (Å²) in [4.78, 5) is 12.4. The average molecular weight is 542 g/mol. The first-order valence-electron chi connectivity index (χ1n) is 11.3. The molecule has 1 aliphatic heterocycles. The monoisotopic (exact) mass is 541 g/mol. The number of ether oxygens (including phenoxy) is 1. The summed E-state index contributed by atoms with van der Waals surface area (Å²) < 4.78 is 61.3. The first-order chi connectivity index (χ1) is 17.0. The van der Waals surface area contributed by atoms with Crippen LogP contribution in [0.15, 0.2) is 46.6 Å². The van der Waals surface area contributed by atoms with E-state index in [0.717, 1.165) is 4.31 Å². The highest BCUT2D eigenvalue weighted by atomic mass is 35.5. The van der Waals surface area contributed by atoms with Gasteiger partial charge in [-0.1, -0.05) is 30.5 Å². The van der Waals surface area contributed by atoms with E-state index in [-0.39, 0.29) is 40.9 Å². The zero-order chi connectivity index (χ0) is 26.3. The topological polar surface area (TPSA) is 108 Å². The van der Waals surface area contributed by atoms with Gasteiger partial charge in [0.2, 0.25) is 15.8 Å². The van der Waals surface area contributed by atoms with E-state index in [1.807, 2.05) is 0 Å². The first kappa shape index (κ1) is 26.3. The molecule has 1 heterocycles. The molecule has 194 valence electrons. The van der Waals surface area contributed by atoms with Crippen molar-refractivity contribution in [3.8, 4) is 5.75 Å². The lowest BCUT2D eigenvalue weighted by atomic mass is 9.86. The third kappa shape index (κ3) is 4.68. The molecule has 4 rings (SSSR count). The number of carbonyl (C=O) groups is 1. The van der Waals surface area contributed by atoms with E-state index in [4.69, 9.17) is 16.3 Å². The van der Waals surface area contributed by atoms with Crippen LogP contribution >= 0.6 is 11.6 Å². The van der Waals surface area contributed by atoms with Crippen molar-refractivity contribution in [1.82, 2.24) is 9.62 Å². The number of benzene rings is 2. The third-order valence-corrected chi connectivity index (χ3v) is 8.75. The molecule has 0 bridgehead atoms. The highest BCUT2D eigenvalue weighted by Crippen LogP contribution is 2.43. The van der Waals surface area contributed by atoms with Crippen LogP contribution in [0.3, 0.4) is 0 Å². The number of nitrogens with zero attached hydrogens (tertiary/aromatic N) is 1. The molecular formula is C24H26ClF2N3O5S. The molecule has 3 N–H and O–H groups in total. The molecule has 0 radical (unpaired) electrons. The Hall–Kier alpha value is -2.73. The van der Waals surface area contributed by atoms with Crippen LogP contribution in [0.25, 0.3) is 0 Å². The summed E-state index contributed by atoms with van der Waals surface area (Å²) >= 11 is 6.09. The van der Waals surface area contributed by atoms with E-state index in [2.05, 4.69) is 10.6 Å². The number of aromatic hydroxyl groups is 1. The summed E-state index contributed by atoms with van der Waals surface area (Å²) in [5.41, 5.74) is -1.10. The van der Waals surface area contributed by atoms with Crippen LogP contribution in [0.5, 0.6) is 5.75 Å². The Morgan fingerprint density at radius 1 is 1.08 bits per heavy atom. The summed E-state index contributed by atoms with van der Waals surface area (Å²) in [6.45, 7) is -0.349. The molecule has 0 unspecified atom stereocenters. The van der Waals surface area contributed by atoms with E-state index in [9.17, 15) is 27.1 Å². The van der Waals surface area contributed by atoms with Gasteiger partial charge in [-0.25, -0.2) is 21.5 Å². The normalized spacial score (nSPS) is 18.1. The summed E-state index contributed by atoms with van der Waals surface area (Å²) in [5, 5.41) is 16.6. The van der Waals surface area contributed by atoms with Gasteiger partial charge in [0.05, 0.1) is 28.6 Å². The largest absolute Gasteiger partial charge is 0.504 e. The van der Waals surface area contributed by atoms with Gasteiger partial charge in [0.15, 0.2) is 5.75 Å². The number of phenols is 1. The highest BCUT2D eigenvalue weighted by molar-refractivity contribution is 7.89. The number of halogens is 3. The van der Waals surface area contributed by atoms with Crippen molar-refractivity contribution < 1.29 is 31.8 Å². The molecule has 12 heteroatoms. The summed E-state index contributed by atoms with van der Waals surface area (Å²) in [5.74, 6) is -2.53. The van der Waals surface area contributed by atoms with Crippen LogP contribution in [0.2, 0.25) is 5.02 Å². The number of rotatable bonds is 7. The summed E-state index contributed by atoms with van der Waals surface area (Å²) in [6.07, 6.45) is 2.19. The highest BCUT2D eigenvalue weighted by Gasteiger charge is 2.42. The molecule has 2 aliphatic rings. The minimum Gasteiger partial charge on any atom is -0.504 e. The van der Waals surface area contributed by atoms with E-state index in [1.54, 1.807) is 0 Å². The maximum absolute atomic E-state index is 14.8. The van der Waals surface area contributed by atoms with Crippen LogP contribution in [0.1, 0.15) is 31.2 Å². The molecule has 0 aromatic heterocycles. The van der Waals surface area contributed by atoms with E-state index in [0.29, 0.717) is 25.7 Å². The number of sulfonamides is 1. The molecule has 0 atom stereocenters. The SMILES string of the molecule is CN(C)S(=O)(=O)c1c(Cl)ccc(NC2=C(NC3(c4c(F)cccc4F)CCCC3)C(=O)COC2)c1O. The minimum atomic E-state index is -4.10. The van der Waals surface area contributed by atoms with Crippen LogP contribution in [-0.4, -0.2) is 50.9 Å². The number of anilines is 1. The molecule has 0 amide bonds. The zero-order valence-electron chi connectivity index (χ0n) is 19.7. The minimum absolute atomic E-state index is 0.0371. The Morgan fingerprint density at radius 3 is 2.33 bits per heavy atom. The number of ketones is 1. The number of hydrogen-bond acceptors (Lipinski definition) is 7. The second kappa shape index (κ2) is 9.97. The number of Topliss-reactive ketones (excluding diaryl/α,β-unsaturated/α-hetero) is 1. The Morgan fingerprint density at radius 2 is 1.72 bits per heavy atom. The van der Waals surface area contributed by atoms with Crippen LogP contribution in [-0.2, 0) is 25.1 Å². The molecule has 8 nitrogen and oxygen atoms in total. The van der Waals surface area contributed by atoms with Gasteiger partial charge in [0.1, 0.15) is 28.8 Å². The van der Waals surface area contributed by atoms with Gasteiger partial charge in [-0.15, -0.1) is 0 Å². The van der Waals surface area contributed by atoms with Crippen molar-refractivity contribution in [3.63, 3.8) is 0 Å². The zero-order valence-corrected chi connectivity index (χ0v) is 21.3. The van der Waals surface area contributed by atoms with Crippen molar-refractivity contribution in [2.24, 2.45) is 0 Å². The van der Waals surface area contributed by atoms with Gasteiger partial charge in [-0.3, -0.25) is 4.79 Å².